The highest BCUT2D eigenvalue weighted by Crippen LogP contribution is 2.17. The van der Waals surface area contributed by atoms with Crippen molar-refractivity contribution in [2.75, 3.05) is 13.1 Å². The number of nitrogens with one attached hydrogen (secondary N) is 1. The highest BCUT2D eigenvalue weighted by atomic mass is 16.5. The van der Waals surface area contributed by atoms with E-state index in [-0.39, 0.29) is 5.91 Å². The molecule has 1 N–H and O–H groups in total. The van der Waals surface area contributed by atoms with E-state index in [4.69, 9.17) is 4.74 Å². The minimum absolute atomic E-state index is 0.0941. The van der Waals surface area contributed by atoms with Crippen LogP contribution in [0.25, 0.3) is 0 Å². The molecule has 0 bridgehead atoms. The van der Waals surface area contributed by atoms with Gasteiger partial charge in [0.15, 0.2) is 6.10 Å². The molecule has 1 unspecified atom stereocenters. The number of ether oxygens (including phenoxy) is 1. The molecule has 1 atom stereocenters. The molecule has 27 heavy (non-hydrogen) atoms. The molecule has 0 aromatic heterocycles. The van der Waals surface area contributed by atoms with E-state index in [0.29, 0.717) is 12.3 Å². The van der Waals surface area contributed by atoms with Crippen molar-refractivity contribution >= 4 is 5.91 Å². The van der Waals surface area contributed by atoms with E-state index >= 15 is 0 Å². The lowest BCUT2D eigenvalue weighted by Crippen LogP contribution is -2.36. The summed E-state index contributed by atoms with van der Waals surface area (Å²) in [5.41, 5.74) is 3.65. The number of likely N-dealkylation sites (tertiary alicyclic amines) is 1. The summed E-state index contributed by atoms with van der Waals surface area (Å²) in [6.07, 6.45) is 3.38. The summed E-state index contributed by atoms with van der Waals surface area (Å²) in [5.74, 6) is 0.622. The SMILES string of the molecule is Cc1ccc(OC(C)C(=O)NCc2ccccc2CN2CCCCC2)cc1. The topological polar surface area (TPSA) is 41.6 Å². The maximum atomic E-state index is 12.4. The minimum Gasteiger partial charge on any atom is -0.481 e. The van der Waals surface area contributed by atoms with Crippen LogP contribution in [0, 0.1) is 6.92 Å². The predicted molar refractivity (Wildman–Crippen MR) is 109 cm³/mol. The van der Waals surface area contributed by atoms with Crippen molar-refractivity contribution in [1.29, 1.82) is 0 Å². The van der Waals surface area contributed by atoms with Crippen LogP contribution in [0.3, 0.4) is 0 Å². The smallest absolute Gasteiger partial charge is 0.261 e. The fraction of sp³-hybridized carbons (Fsp3) is 0.435. The van der Waals surface area contributed by atoms with Crippen LogP contribution < -0.4 is 10.1 Å². The first kappa shape index (κ1) is 19.4. The van der Waals surface area contributed by atoms with Crippen LogP contribution in [0.5, 0.6) is 5.75 Å². The van der Waals surface area contributed by atoms with Crippen molar-refractivity contribution in [2.45, 2.75) is 52.3 Å². The molecule has 2 aromatic rings. The van der Waals surface area contributed by atoms with Crippen LogP contribution >= 0.6 is 0 Å². The van der Waals surface area contributed by atoms with Gasteiger partial charge in [0, 0.05) is 13.1 Å². The molecule has 0 spiro atoms. The summed E-state index contributed by atoms with van der Waals surface area (Å²) >= 11 is 0. The number of aryl methyl sites for hydroxylation is 1. The van der Waals surface area contributed by atoms with Crippen molar-refractivity contribution in [2.24, 2.45) is 0 Å². The Morgan fingerprint density at radius 2 is 1.70 bits per heavy atom. The van der Waals surface area contributed by atoms with E-state index in [1.165, 1.54) is 49.0 Å². The molecule has 1 aliphatic rings. The van der Waals surface area contributed by atoms with E-state index in [1.807, 2.05) is 37.3 Å². The predicted octanol–water partition coefficient (Wildman–Crippen LogP) is 4.06. The lowest BCUT2D eigenvalue weighted by molar-refractivity contribution is -0.127. The second kappa shape index (κ2) is 9.56. The van der Waals surface area contributed by atoms with Gasteiger partial charge in [-0.2, -0.15) is 0 Å². The van der Waals surface area contributed by atoms with Gasteiger partial charge in [-0.3, -0.25) is 9.69 Å². The van der Waals surface area contributed by atoms with E-state index in [2.05, 4.69) is 28.4 Å². The lowest BCUT2D eigenvalue weighted by atomic mass is 10.0. The molecule has 1 heterocycles. The van der Waals surface area contributed by atoms with Gasteiger partial charge in [0.2, 0.25) is 0 Å². The summed E-state index contributed by atoms with van der Waals surface area (Å²) in [5, 5.41) is 3.03. The van der Waals surface area contributed by atoms with Gasteiger partial charge < -0.3 is 10.1 Å². The van der Waals surface area contributed by atoms with Gasteiger partial charge in [0.25, 0.3) is 5.91 Å². The first-order chi connectivity index (χ1) is 13.1. The number of hydrogen-bond donors (Lipinski definition) is 1. The fourth-order valence-corrected chi connectivity index (χ4v) is 3.44. The number of nitrogens with zero attached hydrogens (tertiary/aromatic N) is 1. The van der Waals surface area contributed by atoms with Crippen molar-refractivity contribution in [1.82, 2.24) is 10.2 Å². The zero-order valence-electron chi connectivity index (χ0n) is 16.4. The molecule has 1 fully saturated rings. The normalized spacial score (nSPS) is 15.9. The van der Waals surface area contributed by atoms with Crippen LogP contribution in [0.1, 0.15) is 42.9 Å². The maximum Gasteiger partial charge on any atom is 0.261 e. The van der Waals surface area contributed by atoms with E-state index in [0.717, 1.165) is 6.54 Å². The Bertz CT molecular complexity index is 736. The Balaban J connectivity index is 1.54. The molecule has 3 rings (SSSR count). The monoisotopic (exact) mass is 366 g/mol. The molecule has 4 nitrogen and oxygen atoms in total. The fourth-order valence-electron chi connectivity index (χ4n) is 3.44. The van der Waals surface area contributed by atoms with Gasteiger partial charge in [-0.25, -0.2) is 0 Å². The Labute approximate surface area is 162 Å². The van der Waals surface area contributed by atoms with Gasteiger partial charge in [0.1, 0.15) is 5.75 Å². The van der Waals surface area contributed by atoms with Gasteiger partial charge >= 0.3 is 0 Å². The van der Waals surface area contributed by atoms with Gasteiger partial charge in [-0.15, -0.1) is 0 Å². The third kappa shape index (κ3) is 5.83. The molecule has 4 heteroatoms. The molecular formula is C23H30N2O2. The Morgan fingerprint density at radius 1 is 1.04 bits per heavy atom. The van der Waals surface area contributed by atoms with E-state index in [1.54, 1.807) is 6.92 Å². The third-order valence-electron chi connectivity index (χ3n) is 5.12. The van der Waals surface area contributed by atoms with E-state index < -0.39 is 6.10 Å². The largest absolute Gasteiger partial charge is 0.481 e. The molecule has 1 saturated heterocycles. The molecule has 1 aliphatic heterocycles. The van der Waals surface area contributed by atoms with Crippen molar-refractivity contribution < 1.29 is 9.53 Å². The van der Waals surface area contributed by atoms with Gasteiger partial charge in [0.05, 0.1) is 0 Å². The summed E-state index contributed by atoms with van der Waals surface area (Å²) in [4.78, 5) is 14.9. The average molecular weight is 367 g/mol. The summed E-state index contributed by atoms with van der Waals surface area (Å²) in [6.45, 7) is 7.65. The Hall–Kier alpha value is -2.33. The first-order valence-corrected chi connectivity index (χ1v) is 9.92. The Morgan fingerprint density at radius 3 is 2.41 bits per heavy atom. The second-order valence-electron chi connectivity index (χ2n) is 7.40. The highest BCUT2D eigenvalue weighted by Gasteiger charge is 2.16. The molecular weight excluding hydrogens is 336 g/mol. The maximum absolute atomic E-state index is 12.4. The van der Waals surface area contributed by atoms with Gasteiger partial charge in [-0.1, -0.05) is 48.4 Å². The standard InChI is InChI=1S/C23H30N2O2/c1-18-10-12-22(13-11-18)27-19(2)23(26)24-16-20-8-4-5-9-21(20)17-25-14-6-3-7-15-25/h4-5,8-13,19H,3,6-7,14-17H2,1-2H3,(H,24,26). The highest BCUT2D eigenvalue weighted by molar-refractivity contribution is 5.80. The molecule has 0 saturated carbocycles. The molecule has 0 aliphatic carbocycles. The Kier molecular flexibility index (Phi) is 6.88. The summed E-state index contributed by atoms with van der Waals surface area (Å²) < 4.78 is 5.75. The lowest BCUT2D eigenvalue weighted by Gasteiger charge is -2.27. The van der Waals surface area contributed by atoms with E-state index in [9.17, 15) is 4.79 Å². The van der Waals surface area contributed by atoms with Crippen molar-refractivity contribution in [3.63, 3.8) is 0 Å². The number of carbonyl (C=O) groups excluding carboxylic acids is 1. The average Bonchev–Trinajstić information content (AvgIpc) is 2.69. The molecule has 0 radical (unpaired) electrons. The summed E-state index contributed by atoms with van der Waals surface area (Å²) in [6, 6.07) is 16.1. The molecule has 144 valence electrons. The van der Waals surface area contributed by atoms with Crippen molar-refractivity contribution in [3.05, 3.63) is 65.2 Å². The number of rotatable bonds is 7. The van der Waals surface area contributed by atoms with Crippen LogP contribution in [0.2, 0.25) is 0 Å². The van der Waals surface area contributed by atoms with Gasteiger partial charge in [-0.05, 0) is 63.0 Å². The third-order valence-corrected chi connectivity index (χ3v) is 5.12. The molecule has 2 aromatic carbocycles. The second-order valence-corrected chi connectivity index (χ2v) is 7.40. The number of benzene rings is 2. The number of piperidine rings is 1. The quantitative estimate of drug-likeness (QED) is 0.803. The zero-order chi connectivity index (χ0) is 19.1. The van der Waals surface area contributed by atoms with Crippen LogP contribution in [0.4, 0.5) is 0 Å². The summed E-state index contributed by atoms with van der Waals surface area (Å²) in [7, 11) is 0. The molecule has 1 amide bonds. The van der Waals surface area contributed by atoms with Crippen LogP contribution in [0.15, 0.2) is 48.5 Å². The van der Waals surface area contributed by atoms with Crippen LogP contribution in [-0.4, -0.2) is 30.0 Å². The number of amides is 1. The number of carbonyl (C=O) groups is 1. The van der Waals surface area contributed by atoms with Crippen molar-refractivity contribution in [3.8, 4) is 5.75 Å². The minimum atomic E-state index is -0.526. The van der Waals surface area contributed by atoms with Crippen LogP contribution in [-0.2, 0) is 17.9 Å². The number of hydrogen-bond acceptors (Lipinski definition) is 3. The first-order valence-electron chi connectivity index (χ1n) is 9.92. The zero-order valence-corrected chi connectivity index (χ0v) is 16.4.